The smallest absolute Gasteiger partial charge is 0.251 e. The lowest BCUT2D eigenvalue weighted by Gasteiger charge is -2.21. The van der Waals surface area contributed by atoms with Gasteiger partial charge in [-0.15, -0.1) is 0 Å². The molecule has 0 unspecified atom stereocenters. The van der Waals surface area contributed by atoms with Gasteiger partial charge in [0.25, 0.3) is 5.91 Å². The van der Waals surface area contributed by atoms with Gasteiger partial charge in [0.15, 0.2) is 0 Å². The molecule has 0 saturated carbocycles. The van der Waals surface area contributed by atoms with Crippen molar-refractivity contribution in [1.29, 1.82) is 0 Å². The van der Waals surface area contributed by atoms with E-state index in [0.29, 0.717) is 18.1 Å². The molecule has 2 bridgehead atoms. The number of aromatic nitrogens is 1. The van der Waals surface area contributed by atoms with Gasteiger partial charge in [0.05, 0.1) is 0 Å². The van der Waals surface area contributed by atoms with E-state index in [0.717, 1.165) is 17.5 Å². The van der Waals surface area contributed by atoms with E-state index < -0.39 is 0 Å². The molecule has 4 heterocycles. The van der Waals surface area contributed by atoms with Gasteiger partial charge in [0.2, 0.25) is 0 Å². The Labute approximate surface area is 118 Å². The van der Waals surface area contributed by atoms with E-state index in [2.05, 4.69) is 23.6 Å². The number of carbonyl (C=O) groups excluding carboxylic acids is 1. The van der Waals surface area contributed by atoms with Crippen LogP contribution in [0.5, 0.6) is 0 Å². The molecule has 0 aromatic carbocycles. The zero-order valence-corrected chi connectivity index (χ0v) is 11.6. The maximum Gasteiger partial charge on any atom is 0.251 e. The zero-order chi connectivity index (χ0) is 13.7. The summed E-state index contributed by atoms with van der Waals surface area (Å²) < 4.78 is 2.05. The summed E-state index contributed by atoms with van der Waals surface area (Å²) in [6.07, 6.45) is 7.49. The lowest BCUT2D eigenvalue weighted by atomic mass is 9.95. The van der Waals surface area contributed by atoms with Crippen molar-refractivity contribution in [2.24, 2.45) is 0 Å². The highest BCUT2D eigenvalue weighted by Gasteiger charge is 2.39. The lowest BCUT2D eigenvalue weighted by Crippen LogP contribution is -2.42. The van der Waals surface area contributed by atoms with Crippen LogP contribution in [0.15, 0.2) is 30.6 Å². The summed E-state index contributed by atoms with van der Waals surface area (Å²) in [6.45, 7) is 2.07. The van der Waals surface area contributed by atoms with Gasteiger partial charge >= 0.3 is 0 Å². The molecule has 0 spiro atoms. The van der Waals surface area contributed by atoms with E-state index in [1.165, 1.54) is 18.4 Å². The number of hydrogen-bond donors (Lipinski definition) is 2. The highest BCUT2D eigenvalue weighted by Crippen LogP contribution is 2.28. The van der Waals surface area contributed by atoms with E-state index in [1.807, 2.05) is 28.9 Å². The number of aryl methyl sites for hydroxylation is 1. The van der Waals surface area contributed by atoms with Crippen molar-refractivity contribution in [1.82, 2.24) is 15.0 Å². The molecular weight excluding hydrogens is 250 g/mol. The monoisotopic (exact) mass is 269 g/mol. The van der Waals surface area contributed by atoms with E-state index in [4.69, 9.17) is 0 Å². The summed E-state index contributed by atoms with van der Waals surface area (Å²) in [6, 6.07) is 7.32. The maximum absolute atomic E-state index is 12.4. The van der Waals surface area contributed by atoms with Crippen molar-refractivity contribution >= 4 is 11.4 Å². The average molecular weight is 269 g/mol. The molecule has 20 heavy (non-hydrogen) atoms. The summed E-state index contributed by atoms with van der Waals surface area (Å²) >= 11 is 0. The first-order chi connectivity index (χ1) is 9.70. The molecule has 2 aliphatic rings. The van der Waals surface area contributed by atoms with Crippen LogP contribution in [0.4, 0.5) is 0 Å². The largest absolute Gasteiger partial charge is 0.348 e. The number of nitrogens with zero attached hydrogens (tertiary/aromatic N) is 1. The number of pyridine rings is 1. The minimum atomic E-state index is 0.0486. The molecule has 0 radical (unpaired) electrons. The van der Waals surface area contributed by atoms with Crippen molar-refractivity contribution in [3.8, 4) is 0 Å². The van der Waals surface area contributed by atoms with Crippen molar-refractivity contribution < 1.29 is 4.79 Å². The van der Waals surface area contributed by atoms with Crippen molar-refractivity contribution in [2.45, 2.75) is 44.3 Å². The van der Waals surface area contributed by atoms with Crippen molar-refractivity contribution in [2.75, 3.05) is 0 Å². The third-order valence-electron chi connectivity index (χ3n) is 4.75. The fraction of sp³-hybridized carbons (Fsp3) is 0.438. The van der Waals surface area contributed by atoms with Crippen molar-refractivity contribution in [3.63, 3.8) is 0 Å². The minimum absolute atomic E-state index is 0.0486. The standard InChI is InChI=1S/C16H19N3O/c1-10-4-6-19-7-5-11(8-15(10)19)16(20)18-14-9-12-2-3-13(14)17-12/h4-8,12-14,17H,2-3,9H2,1H3,(H,18,20)/t12-,13+,14-/m1/s1. The van der Waals surface area contributed by atoms with Crippen LogP contribution in [0.2, 0.25) is 0 Å². The molecule has 2 N–H and O–H groups in total. The van der Waals surface area contributed by atoms with Gasteiger partial charge in [-0.25, -0.2) is 0 Å². The Kier molecular flexibility index (Phi) is 2.60. The number of rotatable bonds is 2. The van der Waals surface area contributed by atoms with Gasteiger partial charge in [0.1, 0.15) is 0 Å². The maximum atomic E-state index is 12.4. The normalized spacial score (nSPS) is 28.1. The molecular formula is C16H19N3O. The molecule has 2 fully saturated rings. The molecule has 2 aliphatic heterocycles. The Balaban J connectivity index is 1.56. The second-order valence-electron chi connectivity index (χ2n) is 6.07. The Morgan fingerprint density at radius 3 is 2.95 bits per heavy atom. The fourth-order valence-corrected chi connectivity index (χ4v) is 3.61. The van der Waals surface area contributed by atoms with Gasteiger partial charge in [-0.1, -0.05) is 0 Å². The fourth-order valence-electron chi connectivity index (χ4n) is 3.61. The summed E-state index contributed by atoms with van der Waals surface area (Å²) in [5.74, 6) is 0.0486. The summed E-state index contributed by atoms with van der Waals surface area (Å²) in [5, 5.41) is 6.74. The van der Waals surface area contributed by atoms with Crippen LogP contribution in [0.1, 0.15) is 35.2 Å². The van der Waals surface area contributed by atoms with Crippen LogP contribution in [0.3, 0.4) is 0 Å². The van der Waals surface area contributed by atoms with Crippen LogP contribution in [0, 0.1) is 6.92 Å². The van der Waals surface area contributed by atoms with Crippen LogP contribution < -0.4 is 10.6 Å². The van der Waals surface area contributed by atoms with Gasteiger partial charge in [-0.2, -0.15) is 0 Å². The van der Waals surface area contributed by atoms with Crippen LogP contribution in [0.25, 0.3) is 5.52 Å². The average Bonchev–Trinajstić information content (AvgIpc) is 3.15. The van der Waals surface area contributed by atoms with E-state index in [1.54, 1.807) is 0 Å². The zero-order valence-electron chi connectivity index (χ0n) is 11.6. The second kappa shape index (κ2) is 4.35. The Morgan fingerprint density at radius 1 is 1.35 bits per heavy atom. The van der Waals surface area contributed by atoms with Crippen LogP contribution in [-0.2, 0) is 0 Å². The van der Waals surface area contributed by atoms with E-state index >= 15 is 0 Å². The number of nitrogens with one attached hydrogen (secondary N) is 2. The number of carbonyl (C=O) groups is 1. The molecule has 4 heteroatoms. The number of fused-ring (bicyclic) bond motifs is 3. The third kappa shape index (κ3) is 1.83. The Morgan fingerprint density at radius 2 is 2.20 bits per heavy atom. The first-order valence-corrected chi connectivity index (χ1v) is 7.35. The highest BCUT2D eigenvalue weighted by molar-refractivity contribution is 5.95. The quantitative estimate of drug-likeness (QED) is 0.874. The van der Waals surface area contributed by atoms with Crippen LogP contribution >= 0.6 is 0 Å². The second-order valence-corrected chi connectivity index (χ2v) is 6.07. The predicted molar refractivity (Wildman–Crippen MR) is 78.0 cm³/mol. The SMILES string of the molecule is Cc1ccn2ccc(C(=O)N[C@@H]3C[C@H]4CC[C@@H]3N4)cc12. The highest BCUT2D eigenvalue weighted by atomic mass is 16.1. The van der Waals surface area contributed by atoms with E-state index in [-0.39, 0.29) is 5.91 Å². The van der Waals surface area contributed by atoms with Crippen LogP contribution in [-0.4, -0.2) is 28.4 Å². The molecule has 104 valence electrons. The molecule has 2 aromatic heterocycles. The number of hydrogen-bond acceptors (Lipinski definition) is 2. The number of amides is 1. The lowest BCUT2D eigenvalue weighted by molar-refractivity contribution is 0.0931. The van der Waals surface area contributed by atoms with Gasteiger partial charge in [-0.3, -0.25) is 4.79 Å². The Bertz CT molecular complexity index is 675. The molecule has 4 rings (SSSR count). The minimum Gasteiger partial charge on any atom is -0.348 e. The van der Waals surface area contributed by atoms with Gasteiger partial charge < -0.3 is 15.0 Å². The van der Waals surface area contributed by atoms with Gasteiger partial charge in [-0.05, 0) is 49.9 Å². The molecule has 3 atom stereocenters. The molecule has 4 nitrogen and oxygen atoms in total. The molecule has 0 aliphatic carbocycles. The molecule has 2 aromatic rings. The van der Waals surface area contributed by atoms with Gasteiger partial charge in [0, 0.05) is 41.6 Å². The Hall–Kier alpha value is -1.81. The first-order valence-electron chi connectivity index (χ1n) is 7.35. The first kappa shape index (κ1) is 12.0. The third-order valence-corrected chi connectivity index (χ3v) is 4.75. The van der Waals surface area contributed by atoms with Crippen molar-refractivity contribution in [3.05, 3.63) is 41.7 Å². The summed E-state index contributed by atoms with van der Waals surface area (Å²) in [7, 11) is 0. The molecule has 2 saturated heterocycles. The summed E-state index contributed by atoms with van der Waals surface area (Å²) in [5.41, 5.74) is 3.05. The van der Waals surface area contributed by atoms with E-state index in [9.17, 15) is 4.79 Å². The topological polar surface area (TPSA) is 45.5 Å². The summed E-state index contributed by atoms with van der Waals surface area (Å²) in [4.78, 5) is 12.4. The predicted octanol–water partition coefficient (Wildman–Crippen LogP) is 1.87. The molecule has 1 amide bonds.